The maximum absolute atomic E-state index is 12.8. The van der Waals surface area contributed by atoms with Crippen molar-refractivity contribution in [2.45, 2.75) is 44.1 Å². The SMILES string of the molecule is CC/C=C/C=CC1=C(C)C(=O)[C@]2(O1)C(=O)N[C@@](O)(Cc1ccccc1)[C@@H]2O. The number of aliphatic hydroxyl groups is 2. The fourth-order valence-corrected chi connectivity index (χ4v) is 3.40. The van der Waals surface area contributed by atoms with Gasteiger partial charge in [-0.15, -0.1) is 0 Å². The van der Waals surface area contributed by atoms with Crippen LogP contribution < -0.4 is 5.32 Å². The Morgan fingerprint density at radius 2 is 1.93 bits per heavy atom. The second-order valence-electron chi connectivity index (χ2n) is 6.79. The number of nitrogens with one attached hydrogen (secondary N) is 1. The molecule has 1 amide bonds. The van der Waals surface area contributed by atoms with E-state index in [2.05, 4.69) is 5.32 Å². The molecule has 0 aromatic heterocycles. The predicted octanol–water partition coefficient (Wildman–Crippen LogP) is 1.54. The molecule has 0 unspecified atom stereocenters. The van der Waals surface area contributed by atoms with Gasteiger partial charge in [0.1, 0.15) is 5.76 Å². The van der Waals surface area contributed by atoms with Gasteiger partial charge in [-0.2, -0.15) is 0 Å². The zero-order chi connectivity index (χ0) is 19.7. The Morgan fingerprint density at radius 3 is 2.59 bits per heavy atom. The Balaban J connectivity index is 1.88. The van der Waals surface area contributed by atoms with Crippen LogP contribution in [0.15, 0.2) is 66.0 Å². The van der Waals surface area contributed by atoms with Crippen molar-refractivity contribution in [3.8, 4) is 0 Å². The third-order valence-electron chi connectivity index (χ3n) is 4.87. The van der Waals surface area contributed by atoms with E-state index in [1.54, 1.807) is 42.5 Å². The van der Waals surface area contributed by atoms with Gasteiger partial charge in [0.05, 0.1) is 0 Å². The average Bonchev–Trinajstić information content (AvgIpc) is 3.01. The van der Waals surface area contributed by atoms with E-state index in [0.29, 0.717) is 5.56 Å². The molecule has 6 heteroatoms. The molecule has 3 N–H and O–H groups in total. The molecular weight excluding hydrogens is 346 g/mol. The van der Waals surface area contributed by atoms with E-state index in [4.69, 9.17) is 4.74 Å². The minimum atomic E-state index is -2.16. The Hall–Kier alpha value is -2.70. The number of benzene rings is 1. The maximum atomic E-state index is 12.8. The second-order valence-corrected chi connectivity index (χ2v) is 6.79. The van der Waals surface area contributed by atoms with Crippen molar-refractivity contribution in [2.75, 3.05) is 0 Å². The number of carbonyl (C=O) groups excluding carboxylic acids is 2. The molecule has 1 aromatic rings. The lowest BCUT2D eigenvalue weighted by Crippen LogP contribution is -2.56. The van der Waals surface area contributed by atoms with Gasteiger partial charge in [0.2, 0.25) is 5.78 Å². The minimum Gasteiger partial charge on any atom is -0.466 e. The van der Waals surface area contributed by atoms with Gasteiger partial charge in [0.25, 0.3) is 11.5 Å². The number of aliphatic hydroxyl groups excluding tert-OH is 1. The van der Waals surface area contributed by atoms with Crippen LogP contribution in [0.5, 0.6) is 0 Å². The first-order valence-electron chi connectivity index (χ1n) is 8.90. The lowest BCUT2D eigenvalue weighted by Gasteiger charge is -2.30. The van der Waals surface area contributed by atoms with Crippen molar-refractivity contribution in [1.82, 2.24) is 5.32 Å². The fraction of sp³-hybridized carbons (Fsp3) is 0.333. The molecule has 0 saturated carbocycles. The Morgan fingerprint density at radius 1 is 1.22 bits per heavy atom. The summed E-state index contributed by atoms with van der Waals surface area (Å²) in [5.41, 5.74) is -3.23. The highest BCUT2D eigenvalue weighted by Crippen LogP contribution is 2.42. The molecule has 27 heavy (non-hydrogen) atoms. The Kier molecular flexibility index (Phi) is 5.04. The largest absolute Gasteiger partial charge is 0.466 e. The molecule has 1 spiro atoms. The molecule has 6 nitrogen and oxygen atoms in total. The summed E-state index contributed by atoms with van der Waals surface area (Å²) in [4.78, 5) is 25.5. The summed E-state index contributed by atoms with van der Waals surface area (Å²) in [5.74, 6) is -1.28. The number of allylic oxidation sites excluding steroid dienone is 4. The lowest BCUT2D eigenvalue weighted by atomic mass is 9.86. The third kappa shape index (κ3) is 3.11. The summed E-state index contributed by atoms with van der Waals surface area (Å²) in [6.45, 7) is 3.53. The smallest absolute Gasteiger partial charge is 0.278 e. The van der Waals surface area contributed by atoms with Crippen molar-refractivity contribution in [3.05, 3.63) is 71.5 Å². The standard InChI is InChI=1S/C21H23NO5/c1-3-4-5-9-12-16-14(2)17(23)21(27-16)18(24)20(26,22-19(21)25)13-15-10-7-6-8-11-15/h4-12,18,24,26H,3,13H2,1-2H3,(H,22,25)/b5-4+,12-9?/t18-,20+,21+/m0/s1. The summed E-state index contributed by atoms with van der Waals surface area (Å²) >= 11 is 0. The van der Waals surface area contributed by atoms with E-state index < -0.39 is 29.1 Å². The van der Waals surface area contributed by atoms with E-state index in [1.807, 2.05) is 19.1 Å². The van der Waals surface area contributed by atoms with Gasteiger partial charge in [-0.05, 0) is 25.0 Å². The van der Waals surface area contributed by atoms with Gasteiger partial charge in [-0.1, -0.05) is 55.5 Å². The summed E-state index contributed by atoms with van der Waals surface area (Å²) < 4.78 is 5.66. The van der Waals surface area contributed by atoms with Crippen molar-refractivity contribution >= 4 is 11.7 Å². The van der Waals surface area contributed by atoms with Crippen LogP contribution in [0.1, 0.15) is 25.8 Å². The molecule has 2 aliphatic heterocycles. The number of hydrogen-bond acceptors (Lipinski definition) is 5. The number of hydrogen-bond donors (Lipinski definition) is 3. The molecule has 1 aromatic carbocycles. The molecule has 0 radical (unpaired) electrons. The third-order valence-corrected chi connectivity index (χ3v) is 4.87. The number of carbonyl (C=O) groups is 2. The van der Waals surface area contributed by atoms with Crippen LogP contribution in [-0.2, 0) is 20.7 Å². The number of Topliss-reactive ketones (excluding diaryl/α,β-unsaturated/α-hetero) is 1. The first kappa shape index (κ1) is 19.1. The highest BCUT2D eigenvalue weighted by atomic mass is 16.5. The van der Waals surface area contributed by atoms with E-state index in [-0.39, 0.29) is 17.8 Å². The van der Waals surface area contributed by atoms with Crippen LogP contribution in [0.4, 0.5) is 0 Å². The quantitative estimate of drug-likeness (QED) is 0.541. The van der Waals surface area contributed by atoms with Crippen molar-refractivity contribution in [2.24, 2.45) is 0 Å². The summed E-state index contributed by atoms with van der Waals surface area (Å²) in [6, 6.07) is 8.91. The van der Waals surface area contributed by atoms with Crippen LogP contribution in [0.3, 0.4) is 0 Å². The number of ether oxygens (including phenoxy) is 1. The maximum Gasteiger partial charge on any atom is 0.278 e. The first-order chi connectivity index (χ1) is 12.8. The van der Waals surface area contributed by atoms with Gasteiger partial charge in [-0.3, -0.25) is 9.59 Å². The van der Waals surface area contributed by atoms with Crippen LogP contribution >= 0.6 is 0 Å². The second kappa shape index (κ2) is 7.13. The molecule has 2 aliphatic rings. The first-order valence-corrected chi connectivity index (χ1v) is 8.90. The highest BCUT2D eigenvalue weighted by molar-refractivity contribution is 6.20. The monoisotopic (exact) mass is 369 g/mol. The molecule has 3 atom stereocenters. The zero-order valence-corrected chi connectivity index (χ0v) is 15.3. The van der Waals surface area contributed by atoms with E-state index in [9.17, 15) is 19.8 Å². The van der Waals surface area contributed by atoms with E-state index in [1.165, 1.54) is 6.92 Å². The van der Waals surface area contributed by atoms with E-state index in [0.717, 1.165) is 6.42 Å². The Bertz CT molecular complexity index is 841. The van der Waals surface area contributed by atoms with E-state index >= 15 is 0 Å². The van der Waals surface area contributed by atoms with Crippen molar-refractivity contribution < 1.29 is 24.5 Å². The average molecular weight is 369 g/mol. The van der Waals surface area contributed by atoms with Crippen LogP contribution in [-0.4, -0.2) is 39.3 Å². The van der Waals surface area contributed by atoms with Crippen LogP contribution in [0.25, 0.3) is 0 Å². The summed E-state index contributed by atoms with van der Waals surface area (Å²) in [7, 11) is 0. The Labute approximate surface area is 157 Å². The number of ketones is 1. The normalized spacial score (nSPS) is 30.7. The van der Waals surface area contributed by atoms with Gasteiger partial charge < -0.3 is 20.3 Å². The topological polar surface area (TPSA) is 95.9 Å². The van der Waals surface area contributed by atoms with Gasteiger partial charge >= 0.3 is 0 Å². The highest BCUT2D eigenvalue weighted by Gasteiger charge is 2.70. The molecular formula is C21H23NO5. The molecule has 0 aliphatic carbocycles. The molecule has 2 heterocycles. The molecule has 142 valence electrons. The predicted molar refractivity (Wildman–Crippen MR) is 99.3 cm³/mol. The van der Waals surface area contributed by atoms with Crippen LogP contribution in [0, 0.1) is 0 Å². The molecule has 1 saturated heterocycles. The molecule has 1 fully saturated rings. The van der Waals surface area contributed by atoms with Gasteiger partial charge in [-0.25, -0.2) is 0 Å². The summed E-state index contributed by atoms with van der Waals surface area (Å²) in [5, 5.41) is 24.1. The van der Waals surface area contributed by atoms with Crippen LogP contribution in [0.2, 0.25) is 0 Å². The summed E-state index contributed by atoms with van der Waals surface area (Å²) in [6.07, 6.45) is 6.05. The van der Waals surface area contributed by atoms with Gasteiger partial charge in [0, 0.05) is 12.0 Å². The number of amides is 1. The minimum absolute atomic E-state index is 0.0530. The van der Waals surface area contributed by atoms with Crippen molar-refractivity contribution in [3.63, 3.8) is 0 Å². The zero-order valence-electron chi connectivity index (χ0n) is 15.3. The fourth-order valence-electron chi connectivity index (χ4n) is 3.40. The van der Waals surface area contributed by atoms with Gasteiger partial charge in [0.15, 0.2) is 11.8 Å². The molecule has 0 bridgehead atoms. The van der Waals surface area contributed by atoms with Crippen molar-refractivity contribution in [1.29, 1.82) is 0 Å². The molecule has 3 rings (SSSR count). The number of rotatable bonds is 5. The lowest BCUT2D eigenvalue weighted by molar-refractivity contribution is -0.161.